The highest BCUT2D eigenvalue weighted by molar-refractivity contribution is 5.87. The van der Waals surface area contributed by atoms with E-state index < -0.39 is 0 Å². The van der Waals surface area contributed by atoms with Crippen molar-refractivity contribution in [3.8, 4) is 0 Å². The van der Waals surface area contributed by atoms with E-state index in [1.54, 1.807) is 0 Å². The molecule has 1 N–H and O–H groups in total. The van der Waals surface area contributed by atoms with Crippen LogP contribution < -0.4 is 0 Å². The molecule has 0 amide bonds. The second kappa shape index (κ2) is 5.40. The number of aryl methyl sites for hydroxylation is 1. The number of benzene rings is 2. The average molecular weight is 280 g/mol. The van der Waals surface area contributed by atoms with Crippen LogP contribution in [0.15, 0.2) is 54.7 Å². The number of rotatable bonds is 4. The molecule has 0 bridgehead atoms. The lowest BCUT2D eigenvalue weighted by Gasteiger charge is -2.13. The molecule has 0 spiro atoms. The lowest BCUT2D eigenvalue weighted by Crippen LogP contribution is -2.13. The summed E-state index contributed by atoms with van der Waals surface area (Å²) in [6, 6.07) is 15.7. The van der Waals surface area contributed by atoms with Crippen molar-refractivity contribution >= 4 is 10.9 Å². The molecule has 3 rings (SSSR count). The van der Waals surface area contributed by atoms with Gasteiger partial charge < -0.3 is 4.98 Å². The SMILES string of the molecule is Cc1cccc2[nH]cc(C(C[N+](=O)[O-])c3ccccc3)c12. The van der Waals surface area contributed by atoms with E-state index >= 15 is 0 Å². The predicted octanol–water partition coefficient (Wildman–Crippen LogP) is 3.88. The molecule has 106 valence electrons. The molecule has 0 aliphatic carbocycles. The van der Waals surface area contributed by atoms with Crippen molar-refractivity contribution < 1.29 is 4.92 Å². The van der Waals surface area contributed by atoms with Crippen LogP contribution in [-0.4, -0.2) is 16.5 Å². The number of H-pyrrole nitrogens is 1. The third-order valence-corrected chi connectivity index (χ3v) is 3.85. The minimum Gasteiger partial charge on any atom is -0.361 e. The van der Waals surface area contributed by atoms with Crippen LogP contribution >= 0.6 is 0 Å². The Kier molecular flexibility index (Phi) is 3.44. The number of aromatic nitrogens is 1. The Bertz CT molecular complexity index is 778. The highest BCUT2D eigenvalue weighted by Crippen LogP contribution is 2.32. The highest BCUT2D eigenvalue weighted by atomic mass is 16.6. The molecule has 2 aromatic carbocycles. The summed E-state index contributed by atoms with van der Waals surface area (Å²) >= 11 is 0. The number of nitrogens with zero attached hydrogens (tertiary/aromatic N) is 1. The first-order valence-corrected chi connectivity index (χ1v) is 6.90. The Morgan fingerprint density at radius 1 is 1.14 bits per heavy atom. The Balaban J connectivity index is 2.17. The summed E-state index contributed by atoms with van der Waals surface area (Å²) in [7, 11) is 0. The average Bonchev–Trinajstić information content (AvgIpc) is 2.91. The van der Waals surface area contributed by atoms with Crippen molar-refractivity contribution in [3.63, 3.8) is 0 Å². The molecular weight excluding hydrogens is 264 g/mol. The molecule has 0 aliphatic heterocycles. The molecule has 21 heavy (non-hydrogen) atoms. The number of nitrogens with one attached hydrogen (secondary N) is 1. The second-order valence-corrected chi connectivity index (χ2v) is 5.22. The normalized spacial score (nSPS) is 12.4. The summed E-state index contributed by atoms with van der Waals surface area (Å²) in [6.07, 6.45) is 1.90. The predicted molar refractivity (Wildman–Crippen MR) is 83.2 cm³/mol. The van der Waals surface area contributed by atoms with Crippen LogP contribution in [0.2, 0.25) is 0 Å². The fraction of sp³-hybridized carbons (Fsp3) is 0.176. The quantitative estimate of drug-likeness (QED) is 0.582. The van der Waals surface area contributed by atoms with Crippen LogP contribution in [0, 0.1) is 17.0 Å². The van der Waals surface area contributed by atoms with Crippen LogP contribution in [0.4, 0.5) is 0 Å². The zero-order chi connectivity index (χ0) is 14.8. The van der Waals surface area contributed by atoms with Crippen molar-refractivity contribution in [3.05, 3.63) is 81.5 Å². The van der Waals surface area contributed by atoms with Crippen LogP contribution in [-0.2, 0) is 0 Å². The van der Waals surface area contributed by atoms with Gasteiger partial charge in [0.25, 0.3) is 0 Å². The smallest absolute Gasteiger partial charge is 0.214 e. The van der Waals surface area contributed by atoms with Crippen LogP contribution in [0.25, 0.3) is 10.9 Å². The third-order valence-electron chi connectivity index (χ3n) is 3.85. The third kappa shape index (κ3) is 2.52. The second-order valence-electron chi connectivity index (χ2n) is 5.22. The van der Waals surface area contributed by atoms with Gasteiger partial charge in [0.05, 0.1) is 5.92 Å². The maximum atomic E-state index is 11.1. The maximum absolute atomic E-state index is 11.1. The topological polar surface area (TPSA) is 58.9 Å². The molecule has 0 saturated carbocycles. The summed E-state index contributed by atoms with van der Waals surface area (Å²) in [6.45, 7) is 1.93. The molecule has 0 radical (unpaired) electrons. The summed E-state index contributed by atoms with van der Waals surface area (Å²) < 4.78 is 0. The molecule has 0 fully saturated rings. The van der Waals surface area contributed by atoms with Gasteiger partial charge in [-0.3, -0.25) is 10.1 Å². The van der Waals surface area contributed by atoms with Gasteiger partial charge in [0, 0.05) is 22.0 Å². The maximum Gasteiger partial charge on any atom is 0.214 e. The summed E-state index contributed by atoms with van der Waals surface area (Å²) in [5.41, 5.74) is 4.12. The largest absolute Gasteiger partial charge is 0.361 e. The van der Waals surface area contributed by atoms with Crippen molar-refractivity contribution in [2.45, 2.75) is 12.8 Å². The molecule has 1 atom stereocenters. The van der Waals surface area contributed by atoms with Crippen molar-refractivity contribution in [1.29, 1.82) is 0 Å². The number of fused-ring (bicyclic) bond motifs is 1. The van der Waals surface area contributed by atoms with Gasteiger partial charge in [-0.05, 0) is 29.7 Å². The number of nitro groups is 1. The van der Waals surface area contributed by atoms with E-state index in [9.17, 15) is 10.1 Å². The fourth-order valence-corrected chi connectivity index (χ4v) is 2.89. The van der Waals surface area contributed by atoms with Gasteiger partial charge >= 0.3 is 0 Å². The Labute approximate surface area is 122 Å². The first kappa shape index (κ1) is 13.4. The van der Waals surface area contributed by atoms with E-state index in [4.69, 9.17) is 0 Å². The van der Waals surface area contributed by atoms with Crippen molar-refractivity contribution in [1.82, 2.24) is 4.98 Å². The van der Waals surface area contributed by atoms with E-state index in [1.807, 2.05) is 61.7 Å². The van der Waals surface area contributed by atoms with E-state index in [1.165, 1.54) is 0 Å². The summed E-state index contributed by atoms with van der Waals surface area (Å²) in [4.78, 5) is 14.1. The molecule has 4 nitrogen and oxygen atoms in total. The van der Waals surface area contributed by atoms with E-state index in [0.29, 0.717) is 0 Å². The zero-order valence-electron chi connectivity index (χ0n) is 11.7. The number of hydrogen-bond donors (Lipinski definition) is 1. The van der Waals surface area contributed by atoms with Crippen LogP contribution in [0.5, 0.6) is 0 Å². The van der Waals surface area contributed by atoms with Gasteiger partial charge in [0.15, 0.2) is 0 Å². The zero-order valence-corrected chi connectivity index (χ0v) is 11.7. The number of hydrogen-bond acceptors (Lipinski definition) is 2. The van der Waals surface area contributed by atoms with Gasteiger partial charge in [0.2, 0.25) is 6.54 Å². The highest BCUT2D eigenvalue weighted by Gasteiger charge is 2.23. The molecule has 1 unspecified atom stereocenters. The van der Waals surface area contributed by atoms with E-state index in [2.05, 4.69) is 4.98 Å². The Hall–Kier alpha value is -2.62. The number of aromatic amines is 1. The first-order chi connectivity index (χ1) is 10.2. The van der Waals surface area contributed by atoms with Gasteiger partial charge in [0.1, 0.15) is 0 Å². The van der Waals surface area contributed by atoms with Crippen molar-refractivity contribution in [2.75, 3.05) is 6.54 Å². The summed E-state index contributed by atoms with van der Waals surface area (Å²) in [5.74, 6) is -0.240. The van der Waals surface area contributed by atoms with Crippen LogP contribution in [0.3, 0.4) is 0 Å². The van der Waals surface area contributed by atoms with Gasteiger partial charge in [-0.25, -0.2) is 0 Å². The molecule has 0 aliphatic rings. The molecule has 4 heteroatoms. The van der Waals surface area contributed by atoms with E-state index in [-0.39, 0.29) is 17.4 Å². The Morgan fingerprint density at radius 3 is 2.62 bits per heavy atom. The molecular formula is C17H16N2O2. The minimum atomic E-state index is -0.241. The fourth-order valence-electron chi connectivity index (χ4n) is 2.89. The minimum absolute atomic E-state index is 0.106. The van der Waals surface area contributed by atoms with E-state index in [0.717, 1.165) is 27.6 Å². The van der Waals surface area contributed by atoms with Gasteiger partial charge in [-0.15, -0.1) is 0 Å². The van der Waals surface area contributed by atoms with Gasteiger partial charge in [-0.1, -0.05) is 42.5 Å². The monoisotopic (exact) mass is 280 g/mol. The lowest BCUT2D eigenvalue weighted by molar-refractivity contribution is -0.481. The molecule has 3 aromatic rings. The molecule has 1 aromatic heterocycles. The molecule has 0 saturated heterocycles. The summed E-state index contributed by atoms with van der Waals surface area (Å²) in [5, 5.41) is 12.2. The van der Waals surface area contributed by atoms with Gasteiger partial charge in [-0.2, -0.15) is 0 Å². The first-order valence-electron chi connectivity index (χ1n) is 6.90. The van der Waals surface area contributed by atoms with Crippen LogP contribution in [0.1, 0.15) is 22.6 Å². The standard InChI is InChI=1S/C17H16N2O2/c1-12-6-5-9-16-17(12)14(10-18-16)15(11-19(20)21)13-7-3-2-4-8-13/h2-10,15,18H,11H2,1H3. The Morgan fingerprint density at radius 2 is 1.90 bits per heavy atom. The van der Waals surface area contributed by atoms with Crippen molar-refractivity contribution in [2.24, 2.45) is 0 Å². The lowest BCUT2D eigenvalue weighted by atomic mass is 9.90. The molecule has 1 heterocycles.